The Morgan fingerprint density at radius 2 is 1.89 bits per heavy atom. The summed E-state index contributed by atoms with van der Waals surface area (Å²) in [5, 5.41) is 0.604. The molecular formula is C25H23Cl2IN2O5S. The van der Waals surface area contributed by atoms with Crippen LogP contribution in [0.1, 0.15) is 30.9 Å². The van der Waals surface area contributed by atoms with Gasteiger partial charge in [0.05, 0.1) is 15.1 Å². The van der Waals surface area contributed by atoms with Crippen molar-refractivity contribution in [1.82, 2.24) is 9.80 Å². The fourth-order valence-electron chi connectivity index (χ4n) is 3.85. The van der Waals surface area contributed by atoms with Crippen molar-refractivity contribution in [2.75, 3.05) is 26.2 Å². The molecule has 0 spiro atoms. The summed E-state index contributed by atoms with van der Waals surface area (Å²) in [5.74, 6) is 0.379. The third-order valence-corrected chi connectivity index (χ3v) is 7.94. The molecule has 0 saturated carbocycles. The highest BCUT2D eigenvalue weighted by atomic mass is 127. The Morgan fingerprint density at radius 3 is 2.58 bits per heavy atom. The van der Waals surface area contributed by atoms with Gasteiger partial charge in [0.1, 0.15) is 13.2 Å². The minimum atomic E-state index is -0.469. The van der Waals surface area contributed by atoms with Crippen molar-refractivity contribution in [2.24, 2.45) is 0 Å². The third kappa shape index (κ3) is 6.30. The van der Waals surface area contributed by atoms with Gasteiger partial charge in [-0.3, -0.25) is 19.3 Å². The van der Waals surface area contributed by atoms with Gasteiger partial charge >= 0.3 is 0 Å². The van der Waals surface area contributed by atoms with Crippen LogP contribution in [0.25, 0.3) is 6.08 Å². The van der Waals surface area contributed by atoms with E-state index < -0.39 is 11.1 Å². The van der Waals surface area contributed by atoms with E-state index >= 15 is 0 Å². The zero-order valence-electron chi connectivity index (χ0n) is 19.4. The number of benzene rings is 2. The van der Waals surface area contributed by atoms with Crippen molar-refractivity contribution in [3.8, 4) is 11.5 Å². The summed E-state index contributed by atoms with van der Waals surface area (Å²) < 4.78 is 12.6. The molecule has 0 N–H and O–H groups in total. The molecule has 11 heteroatoms. The number of amides is 3. The molecule has 0 radical (unpaired) electrons. The number of hydrogen-bond donors (Lipinski definition) is 0. The number of rotatable bonds is 8. The van der Waals surface area contributed by atoms with Gasteiger partial charge in [-0.05, 0) is 90.0 Å². The Balaban J connectivity index is 1.52. The van der Waals surface area contributed by atoms with Crippen LogP contribution < -0.4 is 9.47 Å². The molecule has 7 nitrogen and oxygen atoms in total. The lowest BCUT2D eigenvalue weighted by molar-refractivity contribution is -0.135. The summed E-state index contributed by atoms with van der Waals surface area (Å²) >= 11 is 15.2. The zero-order valence-corrected chi connectivity index (χ0v) is 23.9. The molecule has 2 aromatic carbocycles. The lowest BCUT2D eigenvalue weighted by Crippen LogP contribution is -2.40. The van der Waals surface area contributed by atoms with E-state index in [1.54, 1.807) is 35.2 Å². The number of carbonyl (C=O) groups is 3. The second-order valence-electron chi connectivity index (χ2n) is 8.14. The fraction of sp³-hybridized carbons (Fsp3) is 0.320. The van der Waals surface area contributed by atoms with Gasteiger partial charge in [0.15, 0.2) is 11.5 Å². The molecule has 3 amide bonds. The van der Waals surface area contributed by atoms with Gasteiger partial charge < -0.3 is 14.4 Å². The number of ether oxygens (including phenoxy) is 2. The van der Waals surface area contributed by atoms with Crippen molar-refractivity contribution < 1.29 is 23.9 Å². The van der Waals surface area contributed by atoms with Gasteiger partial charge in [-0.15, -0.1) is 0 Å². The van der Waals surface area contributed by atoms with Crippen LogP contribution in [-0.2, 0) is 16.2 Å². The second kappa shape index (κ2) is 12.1. The summed E-state index contributed by atoms with van der Waals surface area (Å²) in [6.07, 6.45) is 3.53. The standard InChI is InChI=1S/C25H23Cl2IN2O5S/c1-2-34-20-10-15(9-19(28)23(20)35-14-16-5-6-17(26)12-18(16)27)11-21-24(32)30(25(33)36-21)13-22(31)29-7-3-4-8-29/h5-6,9-12H,2-4,7-8,13-14H2,1H3/b21-11+. The van der Waals surface area contributed by atoms with Crippen LogP contribution in [0, 0.1) is 3.57 Å². The summed E-state index contributed by atoms with van der Waals surface area (Å²) in [4.78, 5) is 40.8. The predicted octanol–water partition coefficient (Wildman–Crippen LogP) is 6.23. The Kier molecular flexibility index (Phi) is 9.08. The average molecular weight is 661 g/mol. The van der Waals surface area contributed by atoms with Crippen molar-refractivity contribution >= 4 is 80.7 Å². The highest BCUT2D eigenvalue weighted by Crippen LogP contribution is 2.38. The molecule has 4 rings (SSSR count). The van der Waals surface area contributed by atoms with Gasteiger partial charge in [-0.25, -0.2) is 0 Å². The van der Waals surface area contributed by atoms with Crippen molar-refractivity contribution in [2.45, 2.75) is 26.4 Å². The maximum absolute atomic E-state index is 12.9. The molecule has 0 atom stereocenters. The van der Waals surface area contributed by atoms with E-state index in [1.807, 2.05) is 13.0 Å². The Hall–Kier alpha value is -1.95. The average Bonchev–Trinajstić information content (AvgIpc) is 3.45. The van der Waals surface area contributed by atoms with Gasteiger partial charge in [0.2, 0.25) is 5.91 Å². The molecule has 2 heterocycles. The lowest BCUT2D eigenvalue weighted by Gasteiger charge is -2.18. The molecule has 2 saturated heterocycles. The van der Waals surface area contributed by atoms with Crippen LogP contribution in [0.4, 0.5) is 4.79 Å². The minimum absolute atomic E-state index is 0.202. The Morgan fingerprint density at radius 1 is 1.14 bits per heavy atom. The Bertz CT molecular complexity index is 1230. The minimum Gasteiger partial charge on any atom is -0.490 e. The third-order valence-electron chi connectivity index (χ3n) is 5.64. The van der Waals surface area contributed by atoms with Crippen molar-refractivity contribution in [3.63, 3.8) is 0 Å². The number of carbonyl (C=O) groups excluding carboxylic acids is 3. The Labute approximate surface area is 237 Å². The maximum Gasteiger partial charge on any atom is 0.294 e. The smallest absolute Gasteiger partial charge is 0.294 e. The van der Waals surface area contributed by atoms with E-state index in [1.165, 1.54) is 0 Å². The first kappa shape index (κ1) is 27.1. The molecule has 0 bridgehead atoms. The number of nitrogens with zero attached hydrogens (tertiary/aromatic N) is 2. The molecule has 2 aromatic rings. The molecular weight excluding hydrogens is 638 g/mol. The van der Waals surface area contributed by atoms with Crippen LogP contribution >= 0.6 is 57.6 Å². The number of thioether (sulfide) groups is 1. The fourth-order valence-corrected chi connectivity index (χ4v) is 5.93. The summed E-state index contributed by atoms with van der Waals surface area (Å²) in [6.45, 7) is 3.60. The summed E-state index contributed by atoms with van der Waals surface area (Å²) in [5.41, 5.74) is 1.46. The first-order valence-corrected chi connectivity index (χ1v) is 14.0. The molecule has 36 heavy (non-hydrogen) atoms. The zero-order chi connectivity index (χ0) is 25.8. The highest BCUT2D eigenvalue weighted by Gasteiger charge is 2.37. The first-order valence-electron chi connectivity index (χ1n) is 11.3. The number of likely N-dealkylation sites (tertiary alicyclic amines) is 1. The molecule has 0 aliphatic carbocycles. The van der Waals surface area contributed by atoms with E-state index in [0.717, 1.165) is 38.6 Å². The summed E-state index contributed by atoms with van der Waals surface area (Å²) in [6, 6.07) is 8.80. The first-order chi connectivity index (χ1) is 17.3. The largest absolute Gasteiger partial charge is 0.490 e. The molecule has 0 aromatic heterocycles. The van der Waals surface area contributed by atoms with Crippen LogP contribution in [0.15, 0.2) is 35.2 Å². The van der Waals surface area contributed by atoms with Crippen molar-refractivity contribution in [1.29, 1.82) is 0 Å². The molecule has 2 aliphatic rings. The van der Waals surface area contributed by atoms with Crippen LogP contribution in [-0.4, -0.2) is 53.1 Å². The van der Waals surface area contributed by atoms with E-state index in [9.17, 15) is 14.4 Å². The van der Waals surface area contributed by atoms with E-state index in [0.29, 0.717) is 46.8 Å². The number of imide groups is 1. The monoisotopic (exact) mass is 660 g/mol. The quantitative estimate of drug-likeness (QED) is 0.247. The van der Waals surface area contributed by atoms with E-state index in [2.05, 4.69) is 22.6 Å². The van der Waals surface area contributed by atoms with Gasteiger partial charge in [-0.1, -0.05) is 29.3 Å². The van der Waals surface area contributed by atoms with Gasteiger partial charge in [0, 0.05) is 28.7 Å². The topological polar surface area (TPSA) is 76.2 Å². The predicted molar refractivity (Wildman–Crippen MR) is 150 cm³/mol. The lowest BCUT2D eigenvalue weighted by atomic mass is 10.1. The molecule has 2 fully saturated rings. The SMILES string of the molecule is CCOc1cc(/C=C2/SC(=O)N(CC(=O)N3CCCC3)C2=O)cc(I)c1OCc1ccc(Cl)cc1Cl. The van der Waals surface area contributed by atoms with Crippen LogP contribution in [0.3, 0.4) is 0 Å². The summed E-state index contributed by atoms with van der Waals surface area (Å²) in [7, 11) is 0. The van der Waals surface area contributed by atoms with Gasteiger partial charge in [0.25, 0.3) is 11.1 Å². The van der Waals surface area contributed by atoms with E-state index in [-0.39, 0.29) is 24.0 Å². The van der Waals surface area contributed by atoms with Gasteiger partial charge in [-0.2, -0.15) is 0 Å². The van der Waals surface area contributed by atoms with Crippen molar-refractivity contribution in [3.05, 3.63) is 60.0 Å². The highest BCUT2D eigenvalue weighted by molar-refractivity contribution is 14.1. The normalized spacial score (nSPS) is 16.8. The number of hydrogen-bond acceptors (Lipinski definition) is 6. The second-order valence-corrected chi connectivity index (χ2v) is 11.1. The van der Waals surface area contributed by atoms with E-state index in [4.69, 9.17) is 32.7 Å². The van der Waals surface area contributed by atoms with Crippen LogP contribution in [0.5, 0.6) is 11.5 Å². The number of halogens is 3. The molecule has 0 unspecified atom stereocenters. The van der Waals surface area contributed by atoms with Crippen LogP contribution in [0.2, 0.25) is 10.0 Å². The molecule has 190 valence electrons. The maximum atomic E-state index is 12.9. The molecule has 2 aliphatic heterocycles.